The molecule has 9 fully saturated rings. The molecular weight excluding hydrogens is 936 g/mol. The van der Waals surface area contributed by atoms with Crippen LogP contribution in [-0.2, 0) is 10.8 Å². The quantitative estimate of drug-likeness (QED) is 0.157. The topological polar surface area (TPSA) is 17.0 Å². The van der Waals surface area contributed by atoms with Gasteiger partial charge in [0.2, 0.25) is 0 Å². The van der Waals surface area contributed by atoms with Gasteiger partial charge in [-0.25, -0.2) is 0 Å². The van der Waals surface area contributed by atoms with Crippen LogP contribution in [0.3, 0.4) is 0 Å². The summed E-state index contributed by atoms with van der Waals surface area (Å²) < 4.78 is 5.44. The molecule has 21 rings (SSSR count). The first kappa shape index (κ1) is 42.3. The summed E-state index contributed by atoms with van der Waals surface area (Å²) in [6, 6.07) is 68.5. The first-order valence-electron chi connectivity index (χ1n) is 29.0. The molecule has 366 valence electrons. The lowest BCUT2D eigenvalue weighted by atomic mass is 9.38. The van der Waals surface area contributed by atoms with Crippen LogP contribution in [0.4, 0.5) is 11.4 Å². The SMILES string of the molecule is CC1CC2CC3C2CC3(c2ccc3c(c2)c2cc(C45CC6CC7CC(C4)C76C5)cc4c2n3-c2cc(-c3ccccc3)cc(-c3c(Nc5ccc(-c6ccccc6)cc5)ccc5sc6cc7ccccc7cc6c35)c2B4)C1. The summed E-state index contributed by atoms with van der Waals surface area (Å²) in [4.78, 5) is 0. The highest BCUT2D eigenvalue weighted by molar-refractivity contribution is 7.26. The highest BCUT2D eigenvalue weighted by Gasteiger charge is 2.77. The second-order valence-corrected chi connectivity index (χ2v) is 27.2. The van der Waals surface area contributed by atoms with Crippen molar-refractivity contribution in [2.75, 3.05) is 5.32 Å². The number of nitrogens with zero attached hydrogens (tertiary/aromatic N) is 1. The molecule has 1 spiro atoms. The molecule has 76 heavy (non-hydrogen) atoms. The van der Waals surface area contributed by atoms with E-state index < -0.39 is 0 Å². The van der Waals surface area contributed by atoms with E-state index in [1.807, 2.05) is 11.3 Å². The molecule has 2 aromatic heterocycles. The van der Waals surface area contributed by atoms with Gasteiger partial charge < -0.3 is 9.88 Å². The summed E-state index contributed by atoms with van der Waals surface area (Å²) in [5.41, 5.74) is 21.6. The fourth-order valence-electron chi connectivity index (χ4n) is 19.7. The lowest BCUT2D eigenvalue weighted by molar-refractivity contribution is -0.175. The van der Waals surface area contributed by atoms with Crippen molar-refractivity contribution in [1.29, 1.82) is 0 Å². The van der Waals surface area contributed by atoms with Gasteiger partial charge in [-0.2, -0.15) is 0 Å². The zero-order valence-electron chi connectivity index (χ0n) is 43.2. The van der Waals surface area contributed by atoms with Gasteiger partial charge in [0.15, 0.2) is 7.28 Å². The third-order valence-corrected chi connectivity index (χ3v) is 24.0. The molecule has 11 aromatic rings. The Morgan fingerprint density at radius 3 is 2.07 bits per heavy atom. The van der Waals surface area contributed by atoms with Crippen LogP contribution in [0.15, 0.2) is 176 Å². The summed E-state index contributed by atoms with van der Waals surface area (Å²) in [6.07, 6.45) is 12.9. The molecular formula is C72H59BN2S. The maximum atomic E-state index is 4.10. The van der Waals surface area contributed by atoms with Crippen LogP contribution in [0.5, 0.6) is 0 Å². The summed E-state index contributed by atoms with van der Waals surface area (Å²) in [5, 5.41) is 12.4. The average Bonchev–Trinajstić information content (AvgIpc) is 4.09. The van der Waals surface area contributed by atoms with Crippen LogP contribution < -0.4 is 16.2 Å². The van der Waals surface area contributed by atoms with Crippen LogP contribution in [0.2, 0.25) is 0 Å². The molecule has 1 aliphatic heterocycles. The predicted octanol–water partition coefficient (Wildman–Crippen LogP) is 17.2. The Hall–Kier alpha value is -6.88. The fraction of sp³-hybridized carbons (Fsp3) is 0.278. The van der Waals surface area contributed by atoms with Crippen molar-refractivity contribution in [3.63, 3.8) is 0 Å². The molecule has 3 heterocycles. The van der Waals surface area contributed by atoms with Crippen LogP contribution >= 0.6 is 11.3 Å². The van der Waals surface area contributed by atoms with Crippen molar-refractivity contribution in [3.05, 3.63) is 187 Å². The summed E-state index contributed by atoms with van der Waals surface area (Å²) >= 11 is 1.94. The van der Waals surface area contributed by atoms with Gasteiger partial charge in [0.25, 0.3) is 0 Å². The highest BCUT2D eigenvalue weighted by atomic mass is 32.1. The van der Waals surface area contributed by atoms with Crippen molar-refractivity contribution < 1.29 is 0 Å². The van der Waals surface area contributed by atoms with E-state index in [0.29, 0.717) is 16.2 Å². The molecule has 9 aromatic carbocycles. The number of thiophene rings is 1. The molecule has 7 unspecified atom stereocenters. The lowest BCUT2D eigenvalue weighted by Crippen LogP contribution is -2.59. The molecule has 4 heteroatoms. The van der Waals surface area contributed by atoms with Gasteiger partial charge in [-0.05, 0) is 237 Å². The second-order valence-electron chi connectivity index (χ2n) is 26.1. The third-order valence-electron chi connectivity index (χ3n) is 22.9. The lowest BCUT2D eigenvalue weighted by Gasteiger charge is -2.66. The Morgan fingerprint density at radius 1 is 0.579 bits per heavy atom. The first-order valence-corrected chi connectivity index (χ1v) is 29.9. The molecule has 0 amide bonds. The summed E-state index contributed by atoms with van der Waals surface area (Å²) in [5.74, 6) is 6.50. The van der Waals surface area contributed by atoms with Crippen LogP contribution in [-0.4, -0.2) is 11.8 Å². The Kier molecular flexibility index (Phi) is 8.10. The van der Waals surface area contributed by atoms with Crippen molar-refractivity contribution in [3.8, 4) is 39.1 Å². The van der Waals surface area contributed by atoms with E-state index in [2.05, 4.69) is 193 Å². The van der Waals surface area contributed by atoms with E-state index in [1.54, 1.807) is 11.1 Å². The van der Waals surface area contributed by atoms with Crippen molar-refractivity contribution in [2.24, 2.45) is 46.8 Å². The van der Waals surface area contributed by atoms with Gasteiger partial charge in [0.1, 0.15) is 0 Å². The molecule has 2 nitrogen and oxygen atoms in total. The Bertz CT molecular complexity index is 4340. The molecule has 10 aliphatic rings. The summed E-state index contributed by atoms with van der Waals surface area (Å²) in [6.45, 7) is 2.57. The molecule has 1 N–H and O–H groups in total. The van der Waals surface area contributed by atoms with Gasteiger partial charge in [-0.15, -0.1) is 11.3 Å². The number of hydrogen-bond donors (Lipinski definition) is 1. The Morgan fingerprint density at radius 2 is 1.32 bits per heavy atom. The zero-order chi connectivity index (χ0) is 49.4. The number of aromatic nitrogens is 1. The van der Waals surface area contributed by atoms with Gasteiger partial charge in [0, 0.05) is 59.1 Å². The molecule has 9 aliphatic carbocycles. The largest absolute Gasteiger partial charge is 0.355 e. The minimum Gasteiger partial charge on any atom is -0.355 e. The molecule has 7 atom stereocenters. The van der Waals surface area contributed by atoms with E-state index in [9.17, 15) is 0 Å². The number of rotatable bonds is 7. The fourth-order valence-corrected chi connectivity index (χ4v) is 20.9. The normalized spacial score (nSPS) is 29.6. The van der Waals surface area contributed by atoms with Gasteiger partial charge in [0.05, 0.1) is 5.52 Å². The monoisotopic (exact) mass is 994 g/mol. The number of anilines is 2. The van der Waals surface area contributed by atoms with Crippen molar-refractivity contribution >= 4 is 93.7 Å². The van der Waals surface area contributed by atoms with Crippen molar-refractivity contribution in [2.45, 2.75) is 75.5 Å². The second kappa shape index (κ2) is 14.6. The number of hydrogen-bond acceptors (Lipinski definition) is 2. The smallest absolute Gasteiger partial charge is 0.198 e. The standard InChI is InChI=1S/C72H59BN2S/c1-40-24-47-27-59-58(47)38-71(59,35-40)48-18-22-62-54(32-48)55-33-49(70-36-51-30-50-31-52(37-70)72(50,51)39-70)34-60-69(55)75(62)63-28-46(42-12-6-3-7-13-42)26-57(68(63)73-60)66-61(74-53-19-16-43(17-20-53)41-10-4-2-5-11-41)21-23-64-67(66)56-25-44-14-8-9-15-45(44)29-65(56)76-64/h2-23,25-26,28-29,32-34,40,47,50-52,58-59,73-74H,24,27,30-31,35-39H2,1H3. The minimum atomic E-state index is 0.312. The number of fused-ring (bicyclic) bond motifs is 10. The summed E-state index contributed by atoms with van der Waals surface area (Å²) in [7, 11) is 0.906. The minimum absolute atomic E-state index is 0.312. The Balaban J connectivity index is 0.881. The van der Waals surface area contributed by atoms with Gasteiger partial charge in [-0.1, -0.05) is 122 Å². The van der Waals surface area contributed by atoms with Gasteiger partial charge in [-0.3, -0.25) is 0 Å². The zero-order valence-corrected chi connectivity index (χ0v) is 44.0. The van der Waals surface area contributed by atoms with Crippen molar-refractivity contribution in [1.82, 2.24) is 4.57 Å². The first-order chi connectivity index (χ1) is 37.4. The van der Waals surface area contributed by atoms with E-state index in [-0.39, 0.29) is 0 Å². The molecule has 9 saturated carbocycles. The van der Waals surface area contributed by atoms with Gasteiger partial charge >= 0.3 is 0 Å². The molecule has 0 saturated heterocycles. The molecule has 6 bridgehead atoms. The highest BCUT2D eigenvalue weighted by Crippen LogP contribution is 2.84. The number of nitrogens with one attached hydrogen (secondary N) is 1. The van der Waals surface area contributed by atoms with E-state index >= 15 is 0 Å². The van der Waals surface area contributed by atoms with E-state index in [4.69, 9.17) is 0 Å². The average molecular weight is 995 g/mol. The van der Waals surface area contributed by atoms with E-state index in [0.717, 1.165) is 60.1 Å². The predicted molar refractivity (Wildman–Crippen MR) is 321 cm³/mol. The molecule has 0 radical (unpaired) electrons. The van der Waals surface area contributed by atoms with Crippen LogP contribution in [0, 0.1) is 46.8 Å². The number of benzene rings is 9. The van der Waals surface area contributed by atoms with Crippen LogP contribution in [0.1, 0.15) is 75.8 Å². The maximum absolute atomic E-state index is 4.10. The van der Waals surface area contributed by atoms with Crippen LogP contribution in [0.25, 0.3) is 91.8 Å². The third kappa shape index (κ3) is 5.35. The Labute approximate surface area is 449 Å². The van der Waals surface area contributed by atoms with E-state index in [1.165, 1.54) is 161 Å². The maximum Gasteiger partial charge on any atom is 0.198 e.